The van der Waals surface area contributed by atoms with Gasteiger partial charge in [0.1, 0.15) is 18.2 Å². The van der Waals surface area contributed by atoms with Crippen LogP contribution in [0.2, 0.25) is 0 Å². The quantitative estimate of drug-likeness (QED) is 0.219. The number of nitrogens with two attached hydrogens (primary N) is 2. The van der Waals surface area contributed by atoms with Crippen molar-refractivity contribution < 1.29 is 18.3 Å². The van der Waals surface area contributed by atoms with Crippen molar-refractivity contribution in [2.45, 2.75) is 17.4 Å². The summed E-state index contributed by atoms with van der Waals surface area (Å²) in [4.78, 5) is 4.22. The molecule has 2 aromatic heterocycles. The summed E-state index contributed by atoms with van der Waals surface area (Å²) >= 11 is 0. The van der Waals surface area contributed by atoms with Crippen LogP contribution in [0.5, 0.6) is 11.6 Å². The van der Waals surface area contributed by atoms with Crippen molar-refractivity contribution in [1.82, 2.24) is 9.55 Å². The molecule has 9 heteroatoms. The molecule has 0 aliphatic rings. The van der Waals surface area contributed by atoms with Crippen molar-refractivity contribution >= 4 is 37.4 Å². The number of aromatic hydroxyl groups is 1. The van der Waals surface area contributed by atoms with Crippen LogP contribution in [0.3, 0.4) is 0 Å². The van der Waals surface area contributed by atoms with Gasteiger partial charge in [0.25, 0.3) is 0 Å². The number of sulfonamides is 1. The van der Waals surface area contributed by atoms with E-state index in [9.17, 15) is 13.5 Å². The van der Waals surface area contributed by atoms with Gasteiger partial charge in [-0.3, -0.25) is 0 Å². The lowest BCUT2D eigenvalue weighted by molar-refractivity contribution is 0.238. The molecule has 206 valence electrons. The Kier molecular flexibility index (Phi) is 6.82. The van der Waals surface area contributed by atoms with E-state index in [0.717, 1.165) is 21.7 Å². The smallest absolute Gasteiger partial charge is 0.238 e. The second-order valence-corrected chi connectivity index (χ2v) is 11.5. The number of fused-ring (bicyclic) bond motifs is 2. The first kappa shape index (κ1) is 26.4. The van der Waals surface area contributed by atoms with Crippen molar-refractivity contribution in [3.63, 3.8) is 0 Å². The Morgan fingerprint density at radius 1 is 0.878 bits per heavy atom. The summed E-state index contributed by atoms with van der Waals surface area (Å²) < 4.78 is 32.5. The first-order chi connectivity index (χ1) is 19.8. The molecule has 4 aromatic carbocycles. The fraction of sp³-hybridized carbons (Fsp3) is 0.0938. The van der Waals surface area contributed by atoms with Crippen molar-refractivity contribution in [3.8, 4) is 22.8 Å². The first-order valence-corrected chi connectivity index (χ1v) is 14.6. The van der Waals surface area contributed by atoms with Crippen molar-refractivity contribution in [1.29, 1.82) is 0 Å². The zero-order valence-electron chi connectivity index (χ0n) is 22.0. The maximum Gasteiger partial charge on any atom is 0.238 e. The van der Waals surface area contributed by atoms with Crippen LogP contribution in [0.1, 0.15) is 11.6 Å². The SMILES string of the molecule is Nc1nccc2ccc(OCC(Cc3ccccc3)n3cc4cc(-c5ccccc5S(N)(=O)=O)ccc4c3O)cc12. The standard InChI is InChI=1S/C32H28N4O4S/c33-31-29-18-26(12-10-22(29)14-15-35-31)40-20-25(16-21-6-2-1-3-7-21)36-19-24-17-23(11-13-28(24)32(36)37)27-8-4-5-9-30(27)41(34,38)39/h1-15,17-19,25,37H,16,20H2,(H2,33,35)(H2,34,38,39). The molecular formula is C32H28N4O4S. The van der Waals surface area contributed by atoms with Crippen LogP contribution in [-0.4, -0.2) is 29.7 Å². The summed E-state index contributed by atoms with van der Waals surface area (Å²) in [5.74, 6) is 1.18. The molecule has 6 rings (SSSR count). The zero-order valence-corrected chi connectivity index (χ0v) is 22.8. The normalized spacial score (nSPS) is 12.5. The molecule has 0 radical (unpaired) electrons. The maximum atomic E-state index is 12.2. The lowest BCUT2D eigenvalue weighted by Crippen LogP contribution is -2.19. The summed E-state index contributed by atoms with van der Waals surface area (Å²) in [6, 6.07) is 29.4. The van der Waals surface area contributed by atoms with Crippen molar-refractivity contribution in [2.75, 3.05) is 12.3 Å². The molecular weight excluding hydrogens is 536 g/mol. The number of pyridine rings is 1. The molecule has 1 atom stereocenters. The highest BCUT2D eigenvalue weighted by molar-refractivity contribution is 7.89. The van der Waals surface area contributed by atoms with Crippen molar-refractivity contribution in [2.24, 2.45) is 5.14 Å². The molecule has 0 amide bonds. The van der Waals surface area contributed by atoms with Gasteiger partial charge < -0.3 is 20.1 Å². The van der Waals surface area contributed by atoms with Crippen LogP contribution in [-0.2, 0) is 16.4 Å². The van der Waals surface area contributed by atoms with E-state index in [1.54, 1.807) is 36.5 Å². The van der Waals surface area contributed by atoms with Gasteiger partial charge in [-0.15, -0.1) is 0 Å². The van der Waals surface area contributed by atoms with E-state index in [1.165, 1.54) is 6.07 Å². The van der Waals surface area contributed by atoms with Crippen LogP contribution < -0.4 is 15.6 Å². The van der Waals surface area contributed by atoms with E-state index < -0.39 is 10.0 Å². The number of hydrogen-bond acceptors (Lipinski definition) is 6. The predicted octanol–water partition coefficient (Wildman–Crippen LogP) is 5.65. The fourth-order valence-electron chi connectivity index (χ4n) is 5.20. The van der Waals surface area contributed by atoms with Gasteiger partial charge >= 0.3 is 0 Å². The summed E-state index contributed by atoms with van der Waals surface area (Å²) in [6.07, 6.45) is 4.15. The van der Waals surface area contributed by atoms with Crippen LogP contribution in [0.25, 0.3) is 32.7 Å². The molecule has 41 heavy (non-hydrogen) atoms. The van der Waals surface area contributed by atoms with Gasteiger partial charge in [0.2, 0.25) is 10.0 Å². The zero-order chi connectivity index (χ0) is 28.6. The first-order valence-electron chi connectivity index (χ1n) is 13.0. The van der Waals surface area contributed by atoms with E-state index in [4.69, 9.17) is 15.6 Å². The second-order valence-electron chi connectivity index (χ2n) is 9.94. The van der Waals surface area contributed by atoms with Crippen LogP contribution in [0.4, 0.5) is 5.82 Å². The Bertz CT molecular complexity index is 1990. The number of nitrogens with zero attached hydrogens (tertiary/aromatic N) is 2. The van der Waals surface area contributed by atoms with Crippen LogP contribution in [0, 0.1) is 0 Å². The van der Waals surface area contributed by atoms with E-state index in [2.05, 4.69) is 4.98 Å². The number of benzene rings is 4. The number of hydrogen-bond donors (Lipinski definition) is 3. The molecule has 0 saturated carbocycles. The Morgan fingerprint density at radius 2 is 1.66 bits per heavy atom. The molecule has 5 N–H and O–H groups in total. The molecule has 8 nitrogen and oxygen atoms in total. The van der Waals surface area contributed by atoms with Gasteiger partial charge in [-0.1, -0.05) is 60.7 Å². The number of ether oxygens (including phenoxy) is 1. The Balaban J connectivity index is 1.37. The third-order valence-corrected chi connectivity index (χ3v) is 8.21. The topological polar surface area (TPSA) is 133 Å². The average molecular weight is 565 g/mol. The highest BCUT2D eigenvalue weighted by Gasteiger charge is 2.21. The monoisotopic (exact) mass is 564 g/mol. The molecule has 0 aliphatic carbocycles. The third-order valence-electron chi connectivity index (χ3n) is 7.24. The van der Waals surface area contributed by atoms with E-state index in [1.807, 2.05) is 71.4 Å². The Morgan fingerprint density at radius 3 is 2.46 bits per heavy atom. The van der Waals surface area contributed by atoms with Gasteiger partial charge in [0.05, 0.1) is 10.9 Å². The maximum absolute atomic E-state index is 12.2. The van der Waals surface area contributed by atoms with Gasteiger partial charge in [-0.25, -0.2) is 18.5 Å². The van der Waals surface area contributed by atoms with Gasteiger partial charge in [0.15, 0.2) is 5.88 Å². The van der Waals surface area contributed by atoms with Gasteiger partial charge in [0, 0.05) is 34.1 Å². The summed E-state index contributed by atoms with van der Waals surface area (Å²) in [6.45, 7) is 0.274. The molecule has 2 heterocycles. The Hall–Kier alpha value is -4.86. The fourth-order valence-corrected chi connectivity index (χ4v) is 5.96. The van der Waals surface area contributed by atoms with Crippen molar-refractivity contribution in [3.05, 3.63) is 115 Å². The molecule has 0 spiro atoms. The molecule has 0 saturated heterocycles. The lowest BCUT2D eigenvalue weighted by atomic mass is 10.0. The predicted molar refractivity (Wildman–Crippen MR) is 161 cm³/mol. The largest absolute Gasteiger partial charge is 0.494 e. The second kappa shape index (κ2) is 10.6. The molecule has 0 fully saturated rings. The lowest BCUT2D eigenvalue weighted by Gasteiger charge is -2.21. The minimum Gasteiger partial charge on any atom is -0.494 e. The van der Waals surface area contributed by atoms with E-state index in [0.29, 0.717) is 34.5 Å². The van der Waals surface area contributed by atoms with Crippen LogP contribution in [0.15, 0.2) is 114 Å². The number of anilines is 1. The minimum absolute atomic E-state index is 0.0459. The number of rotatable bonds is 8. The number of aromatic nitrogens is 2. The summed E-state index contributed by atoms with van der Waals surface area (Å²) in [5, 5.41) is 20.0. The van der Waals surface area contributed by atoms with Gasteiger partial charge in [-0.05, 0) is 59.3 Å². The molecule has 0 bridgehead atoms. The van der Waals surface area contributed by atoms with Gasteiger partial charge in [-0.2, -0.15) is 0 Å². The summed E-state index contributed by atoms with van der Waals surface area (Å²) in [7, 11) is -3.92. The highest BCUT2D eigenvalue weighted by Crippen LogP contribution is 2.36. The average Bonchev–Trinajstić information content (AvgIpc) is 3.31. The minimum atomic E-state index is -3.92. The van der Waals surface area contributed by atoms with Crippen LogP contribution >= 0.6 is 0 Å². The van der Waals surface area contributed by atoms with E-state index in [-0.39, 0.29) is 23.4 Å². The number of nitrogen functional groups attached to an aromatic ring is 1. The summed E-state index contributed by atoms with van der Waals surface area (Å²) in [5.41, 5.74) is 8.35. The molecule has 0 aliphatic heterocycles. The molecule has 6 aromatic rings. The van der Waals surface area contributed by atoms with E-state index >= 15 is 0 Å². The number of primary sulfonamides is 1. The third kappa shape index (κ3) is 5.32. The molecule has 1 unspecified atom stereocenters. The Labute approximate surface area is 237 Å². The highest BCUT2D eigenvalue weighted by atomic mass is 32.2.